The second-order valence-electron chi connectivity index (χ2n) is 6.79. The number of furan rings is 1. The molecule has 7 nitrogen and oxygen atoms in total. The first kappa shape index (κ1) is 17.0. The van der Waals surface area contributed by atoms with Gasteiger partial charge in [0.2, 0.25) is 0 Å². The van der Waals surface area contributed by atoms with Crippen molar-refractivity contribution in [2.45, 2.75) is 38.7 Å². The number of ether oxygens (including phenoxy) is 1. The van der Waals surface area contributed by atoms with Gasteiger partial charge < -0.3 is 19.4 Å². The van der Waals surface area contributed by atoms with E-state index in [1.54, 1.807) is 19.4 Å². The van der Waals surface area contributed by atoms with Gasteiger partial charge in [-0.05, 0) is 26.2 Å². The lowest BCUT2D eigenvalue weighted by Gasteiger charge is -2.33. The maximum atomic E-state index is 13.2. The molecule has 138 valence electrons. The molecule has 1 atom stereocenters. The molecule has 0 spiro atoms. The summed E-state index contributed by atoms with van der Waals surface area (Å²) >= 11 is 0. The summed E-state index contributed by atoms with van der Waals surface area (Å²) < 4.78 is 11.8. The summed E-state index contributed by atoms with van der Waals surface area (Å²) in [5.41, 5.74) is 2.60. The third-order valence-corrected chi connectivity index (χ3v) is 5.18. The first-order chi connectivity index (χ1) is 12.7. The van der Waals surface area contributed by atoms with Gasteiger partial charge >= 0.3 is 0 Å². The number of morpholine rings is 1. The number of amides is 1. The smallest absolute Gasteiger partial charge is 0.257 e. The molecule has 7 heteroatoms. The fraction of sp³-hybridized carbons (Fsp3) is 0.526. The number of hydrogen-bond donors (Lipinski definition) is 1. The van der Waals surface area contributed by atoms with Crippen LogP contribution >= 0.6 is 0 Å². The van der Waals surface area contributed by atoms with Crippen LogP contribution in [0.25, 0.3) is 0 Å². The monoisotopic (exact) mass is 356 g/mol. The minimum atomic E-state index is -0.285. The van der Waals surface area contributed by atoms with Crippen LogP contribution < -0.4 is 5.32 Å². The van der Waals surface area contributed by atoms with Crippen LogP contribution in [0.1, 0.15) is 52.1 Å². The standard InChI is InChI=1S/C19H24N4O3/c1-12-16(13-5-3-4-6-14(13)26-12)19(24)23-9-10-25-15(11-23)17-18(20-2)22-8-7-21-17/h7-8,15H,3-6,9-11H2,1-2H3,(H,20,22)/t15-/m1/s1. The van der Waals surface area contributed by atoms with Gasteiger partial charge in [-0.3, -0.25) is 9.78 Å². The normalized spacial score (nSPS) is 19.9. The number of anilines is 1. The molecule has 1 fully saturated rings. The molecule has 1 aliphatic heterocycles. The highest BCUT2D eigenvalue weighted by molar-refractivity contribution is 5.97. The van der Waals surface area contributed by atoms with Crippen molar-refractivity contribution >= 4 is 11.7 Å². The highest BCUT2D eigenvalue weighted by Crippen LogP contribution is 2.32. The molecule has 1 aliphatic carbocycles. The zero-order valence-electron chi connectivity index (χ0n) is 15.2. The van der Waals surface area contributed by atoms with Crippen LogP contribution in [0.3, 0.4) is 0 Å². The summed E-state index contributed by atoms with van der Waals surface area (Å²) in [6.45, 7) is 3.41. The number of aryl methyl sites for hydroxylation is 2. The van der Waals surface area contributed by atoms with Crippen LogP contribution in [0.15, 0.2) is 16.8 Å². The van der Waals surface area contributed by atoms with Crippen molar-refractivity contribution in [1.82, 2.24) is 14.9 Å². The van der Waals surface area contributed by atoms with Gasteiger partial charge in [-0.1, -0.05) is 0 Å². The zero-order valence-corrected chi connectivity index (χ0v) is 15.2. The van der Waals surface area contributed by atoms with Gasteiger partial charge in [0.15, 0.2) is 0 Å². The Kier molecular flexibility index (Phi) is 4.63. The second-order valence-corrected chi connectivity index (χ2v) is 6.79. The van der Waals surface area contributed by atoms with Crippen molar-refractivity contribution in [2.75, 3.05) is 32.1 Å². The molecule has 0 aromatic carbocycles. The van der Waals surface area contributed by atoms with Crippen molar-refractivity contribution in [1.29, 1.82) is 0 Å². The van der Waals surface area contributed by atoms with Gasteiger partial charge in [-0.15, -0.1) is 0 Å². The molecular formula is C19H24N4O3. The lowest BCUT2D eigenvalue weighted by molar-refractivity contribution is -0.0246. The highest BCUT2D eigenvalue weighted by atomic mass is 16.5. The van der Waals surface area contributed by atoms with E-state index < -0.39 is 0 Å². The number of hydrogen-bond acceptors (Lipinski definition) is 6. The molecule has 2 aromatic heterocycles. The summed E-state index contributed by atoms with van der Waals surface area (Å²) in [6, 6.07) is 0. The molecule has 2 aliphatic rings. The van der Waals surface area contributed by atoms with Crippen LogP contribution in [0, 0.1) is 6.92 Å². The molecule has 0 bridgehead atoms. The van der Waals surface area contributed by atoms with Crippen LogP contribution in [-0.2, 0) is 17.6 Å². The molecule has 26 heavy (non-hydrogen) atoms. The number of carbonyl (C=O) groups excluding carboxylic acids is 1. The Morgan fingerprint density at radius 2 is 2.08 bits per heavy atom. The lowest BCUT2D eigenvalue weighted by atomic mass is 9.94. The number of carbonyl (C=O) groups is 1. The predicted molar refractivity (Wildman–Crippen MR) is 96.3 cm³/mol. The van der Waals surface area contributed by atoms with Gasteiger partial charge in [-0.2, -0.15) is 0 Å². The summed E-state index contributed by atoms with van der Waals surface area (Å²) in [7, 11) is 1.81. The SMILES string of the molecule is CNc1nccnc1[C@H]1CN(C(=O)c2c(C)oc3c2CCCC3)CCO1. The van der Waals surface area contributed by atoms with Crippen LogP contribution in [0.4, 0.5) is 5.82 Å². The van der Waals surface area contributed by atoms with Crippen LogP contribution in [-0.4, -0.2) is 47.5 Å². The molecule has 4 rings (SSSR count). The van der Waals surface area contributed by atoms with Gasteiger partial charge in [-0.25, -0.2) is 4.98 Å². The van der Waals surface area contributed by atoms with Crippen LogP contribution in [0.2, 0.25) is 0 Å². The molecule has 0 saturated carbocycles. The largest absolute Gasteiger partial charge is 0.465 e. The Hall–Kier alpha value is -2.41. The number of fused-ring (bicyclic) bond motifs is 1. The number of aromatic nitrogens is 2. The maximum absolute atomic E-state index is 13.2. The van der Waals surface area contributed by atoms with E-state index >= 15 is 0 Å². The van der Waals surface area contributed by atoms with E-state index in [9.17, 15) is 4.79 Å². The van der Waals surface area contributed by atoms with E-state index in [2.05, 4.69) is 15.3 Å². The quantitative estimate of drug-likeness (QED) is 0.910. The Bertz CT molecular complexity index is 817. The average molecular weight is 356 g/mol. The van der Waals surface area contributed by atoms with E-state index in [4.69, 9.17) is 9.15 Å². The minimum absolute atomic E-state index is 0.0394. The number of nitrogens with zero attached hydrogens (tertiary/aromatic N) is 3. The molecule has 0 radical (unpaired) electrons. The topological polar surface area (TPSA) is 80.5 Å². The first-order valence-electron chi connectivity index (χ1n) is 9.19. The molecule has 1 amide bonds. The van der Waals surface area contributed by atoms with E-state index in [0.717, 1.165) is 54.0 Å². The summed E-state index contributed by atoms with van der Waals surface area (Å²) in [6.07, 6.45) is 7.11. The Balaban J connectivity index is 1.59. The number of rotatable bonds is 3. The van der Waals surface area contributed by atoms with E-state index in [1.165, 1.54) is 0 Å². The molecule has 1 saturated heterocycles. The van der Waals surface area contributed by atoms with Crippen molar-refractivity contribution in [3.05, 3.63) is 40.7 Å². The van der Waals surface area contributed by atoms with Crippen molar-refractivity contribution in [3.8, 4) is 0 Å². The van der Waals surface area contributed by atoms with E-state index in [0.29, 0.717) is 25.5 Å². The molecule has 3 heterocycles. The Labute approximate surface area is 152 Å². The molecule has 1 N–H and O–H groups in total. The summed E-state index contributed by atoms with van der Waals surface area (Å²) in [5.74, 6) is 2.45. The average Bonchev–Trinajstić information content (AvgIpc) is 3.03. The first-order valence-corrected chi connectivity index (χ1v) is 9.19. The second kappa shape index (κ2) is 7.07. The maximum Gasteiger partial charge on any atom is 0.257 e. The van der Waals surface area contributed by atoms with Crippen LogP contribution in [0.5, 0.6) is 0 Å². The van der Waals surface area contributed by atoms with Crippen molar-refractivity contribution in [3.63, 3.8) is 0 Å². The van der Waals surface area contributed by atoms with E-state index in [-0.39, 0.29) is 12.0 Å². The molecule has 0 unspecified atom stereocenters. The predicted octanol–water partition coefficient (Wildman–Crippen LogP) is 2.51. The Morgan fingerprint density at radius 1 is 1.27 bits per heavy atom. The minimum Gasteiger partial charge on any atom is -0.465 e. The fourth-order valence-corrected chi connectivity index (χ4v) is 3.92. The van der Waals surface area contributed by atoms with Crippen molar-refractivity contribution < 1.29 is 13.9 Å². The van der Waals surface area contributed by atoms with Gasteiger partial charge in [0.1, 0.15) is 29.1 Å². The number of nitrogens with one attached hydrogen (secondary N) is 1. The summed E-state index contributed by atoms with van der Waals surface area (Å²) in [4.78, 5) is 23.8. The van der Waals surface area contributed by atoms with Gasteiger partial charge in [0.25, 0.3) is 5.91 Å². The van der Waals surface area contributed by atoms with E-state index in [1.807, 2.05) is 11.8 Å². The zero-order chi connectivity index (χ0) is 18.1. The van der Waals surface area contributed by atoms with Gasteiger partial charge in [0, 0.05) is 38.0 Å². The summed E-state index contributed by atoms with van der Waals surface area (Å²) in [5, 5.41) is 3.04. The third kappa shape index (κ3) is 2.96. The third-order valence-electron chi connectivity index (χ3n) is 5.18. The molecular weight excluding hydrogens is 332 g/mol. The van der Waals surface area contributed by atoms with Crippen molar-refractivity contribution in [2.24, 2.45) is 0 Å². The fourth-order valence-electron chi connectivity index (χ4n) is 3.92. The Morgan fingerprint density at radius 3 is 2.92 bits per heavy atom. The highest BCUT2D eigenvalue weighted by Gasteiger charge is 2.33. The lowest BCUT2D eigenvalue weighted by Crippen LogP contribution is -2.43. The van der Waals surface area contributed by atoms with Gasteiger partial charge in [0.05, 0.1) is 18.7 Å². The molecule has 2 aromatic rings.